The summed E-state index contributed by atoms with van der Waals surface area (Å²) in [5, 5.41) is 0. The number of sulfone groups is 1. The van der Waals surface area contributed by atoms with Gasteiger partial charge in [0, 0.05) is 44.5 Å². The summed E-state index contributed by atoms with van der Waals surface area (Å²) in [6.07, 6.45) is 1.16. The van der Waals surface area contributed by atoms with Crippen LogP contribution in [0.1, 0.15) is 29.8 Å². The van der Waals surface area contributed by atoms with E-state index in [4.69, 9.17) is 0 Å². The molecule has 1 aromatic rings. The fourth-order valence-corrected chi connectivity index (χ4v) is 3.53. The van der Waals surface area contributed by atoms with Gasteiger partial charge in [0.05, 0.1) is 4.90 Å². The summed E-state index contributed by atoms with van der Waals surface area (Å²) >= 11 is 0. The van der Waals surface area contributed by atoms with Crippen LogP contribution in [0, 0.1) is 12.8 Å². The maximum atomic E-state index is 12.7. The lowest BCUT2D eigenvalue weighted by molar-refractivity contribution is 0.0623. The number of amides is 1. The maximum absolute atomic E-state index is 12.7. The van der Waals surface area contributed by atoms with E-state index in [1.807, 2.05) is 11.8 Å². The highest BCUT2D eigenvalue weighted by Crippen LogP contribution is 2.18. The van der Waals surface area contributed by atoms with E-state index in [2.05, 4.69) is 18.7 Å². The van der Waals surface area contributed by atoms with Crippen LogP contribution in [0.5, 0.6) is 0 Å². The van der Waals surface area contributed by atoms with Crippen LogP contribution in [0.15, 0.2) is 23.1 Å². The molecular formula is C17H26N2O3S. The van der Waals surface area contributed by atoms with E-state index in [0.29, 0.717) is 24.6 Å². The first-order chi connectivity index (χ1) is 10.7. The fourth-order valence-electron chi connectivity index (χ4n) is 2.88. The smallest absolute Gasteiger partial charge is 0.254 e. The molecule has 5 nitrogen and oxygen atoms in total. The molecule has 2 rings (SSSR count). The number of carbonyl (C=O) groups excluding carboxylic acids is 1. The quantitative estimate of drug-likeness (QED) is 0.840. The molecule has 0 unspecified atom stereocenters. The summed E-state index contributed by atoms with van der Waals surface area (Å²) in [6, 6.07) is 4.77. The normalized spacial score (nSPS) is 16.8. The highest BCUT2D eigenvalue weighted by atomic mass is 32.2. The van der Waals surface area contributed by atoms with Crippen molar-refractivity contribution in [2.24, 2.45) is 5.92 Å². The van der Waals surface area contributed by atoms with Crippen molar-refractivity contribution in [3.05, 3.63) is 29.3 Å². The van der Waals surface area contributed by atoms with Crippen LogP contribution in [0.3, 0.4) is 0 Å². The van der Waals surface area contributed by atoms with Crippen molar-refractivity contribution in [2.75, 3.05) is 39.0 Å². The predicted octanol–water partition coefficient (Wildman–Crippen LogP) is 1.81. The molecule has 1 aliphatic rings. The number of benzene rings is 1. The zero-order valence-electron chi connectivity index (χ0n) is 14.4. The summed E-state index contributed by atoms with van der Waals surface area (Å²) in [5.74, 6) is 0.545. The Labute approximate surface area is 139 Å². The van der Waals surface area contributed by atoms with Crippen molar-refractivity contribution in [2.45, 2.75) is 25.7 Å². The molecule has 0 bridgehead atoms. The van der Waals surface area contributed by atoms with Crippen LogP contribution in [0.2, 0.25) is 0 Å². The number of hydrogen-bond acceptors (Lipinski definition) is 4. The number of nitrogens with zero attached hydrogens (tertiary/aromatic N) is 2. The Bertz CT molecular complexity index is 675. The molecule has 0 saturated carbocycles. The van der Waals surface area contributed by atoms with E-state index < -0.39 is 9.84 Å². The van der Waals surface area contributed by atoms with E-state index in [9.17, 15) is 13.2 Å². The first-order valence-electron chi connectivity index (χ1n) is 8.01. The first-order valence-corrected chi connectivity index (χ1v) is 9.90. The second-order valence-electron chi connectivity index (χ2n) is 6.74. The molecular weight excluding hydrogens is 312 g/mol. The Kier molecular flexibility index (Phi) is 5.47. The fraction of sp³-hybridized carbons (Fsp3) is 0.588. The molecule has 0 aromatic heterocycles. The predicted molar refractivity (Wildman–Crippen MR) is 91.5 cm³/mol. The SMILES string of the molecule is Cc1ccc(S(C)(=O)=O)cc1C(=O)N1CCN(CC(C)C)CC1. The summed E-state index contributed by atoms with van der Waals surface area (Å²) in [4.78, 5) is 17.1. The zero-order chi connectivity index (χ0) is 17.2. The number of piperazine rings is 1. The monoisotopic (exact) mass is 338 g/mol. The number of rotatable bonds is 4. The van der Waals surface area contributed by atoms with Crippen molar-refractivity contribution >= 4 is 15.7 Å². The van der Waals surface area contributed by atoms with Crippen molar-refractivity contribution in [3.8, 4) is 0 Å². The molecule has 128 valence electrons. The topological polar surface area (TPSA) is 57.7 Å². The van der Waals surface area contributed by atoms with Crippen LogP contribution < -0.4 is 0 Å². The molecule has 1 heterocycles. The summed E-state index contributed by atoms with van der Waals surface area (Å²) in [6.45, 7) is 10.4. The van der Waals surface area contributed by atoms with E-state index >= 15 is 0 Å². The van der Waals surface area contributed by atoms with Gasteiger partial charge < -0.3 is 4.90 Å². The van der Waals surface area contributed by atoms with Gasteiger partial charge in [-0.3, -0.25) is 9.69 Å². The summed E-state index contributed by atoms with van der Waals surface area (Å²) in [7, 11) is -3.31. The van der Waals surface area contributed by atoms with Crippen LogP contribution in [-0.2, 0) is 9.84 Å². The zero-order valence-corrected chi connectivity index (χ0v) is 15.2. The maximum Gasteiger partial charge on any atom is 0.254 e. The standard InChI is InChI=1S/C17H26N2O3S/c1-13(2)12-18-7-9-19(10-8-18)17(20)16-11-15(23(4,21)22)6-5-14(16)3/h5-6,11,13H,7-10,12H2,1-4H3. The van der Waals surface area contributed by atoms with Crippen molar-refractivity contribution < 1.29 is 13.2 Å². The molecule has 0 spiro atoms. The van der Waals surface area contributed by atoms with Gasteiger partial charge in [0.15, 0.2) is 9.84 Å². The van der Waals surface area contributed by atoms with E-state index in [1.165, 1.54) is 6.07 Å². The third-order valence-electron chi connectivity index (χ3n) is 4.15. The van der Waals surface area contributed by atoms with E-state index in [1.54, 1.807) is 12.1 Å². The molecule has 1 aliphatic heterocycles. The minimum absolute atomic E-state index is 0.0720. The lowest BCUT2D eigenvalue weighted by atomic mass is 10.1. The molecule has 0 radical (unpaired) electrons. The minimum Gasteiger partial charge on any atom is -0.336 e. The molecule has 1 amide bonds. The van der Waals surface area contributed by atoms with Crippen molar-refractivity contribution in [3.63, 3.8) is 0 Å². The third kappa shape index (κ3) is 4.54. The number of carbonyl (C=O) groups is 1. The van der Waals surface area contributed by atoms with Crippen molar-refractivity contribution in [1.29, 1.82) is 0 Å². The Morgan fingerprint density at radius 1 is 1.17 bits per heavy atom. The Balaban J connectivity index is 2.13. The average molecular weight is 338 g/mol. The van der Waals surface area contributed by atoms with Gasteiger partial charge in [-0.05, 0) is 30.5 Å². The van der Waals surface area contributed by atoms with Gasteiger partial charge in [-0.2, -0.15) is 0 Å². The van der Waals surface area contributed by atoms with Gasteiger partial charge in [0.1, 0.15) is 0 Å². The number of hydrogen-bond donors (Lipinski definition) is 0. The van der Waals surface area contributed by atoms with Gasteiger partial charge in [-0.15, -0.1) is 0 Å². The van der Waals surface area contributed by atoms with Gasteiger partial charge >= 0.3 is 0 Å². The second kappa shape index (κ2) is 7.01. The minimum atomic E-state index is -3.31. The molecule has 1 aromatic carbocycles. The molecule has 1 saturated heterocycles. The Morgan fingerprint density at radius 2 is 1.78 bits per heavy atom. The number of aryl methyl sites for hydroxylation is 1. The highest BCUT2D eigenvalue weighted by Gasteiger charge is 2.24. The van der Waals surface area contributed by atoms with Gasteiger partial charge in [-0.1, -0.05) is 19.9 Å². The molecule has 0 N–H and O–H groups in total. The third-order valence-corrected chi connectivity index (χ3v) is 5.26. The highest BCUT2D eigenvalue weighted by molar-refractivity contribution is 7.90. The molecule has 0 aliphatic carbocycles. The van der Waals surface area contributed by atoms with E-state index in [0.717, 1.165) is 31.5 Å². The van der Waals surface area contributed by atoms with Crippen LogP contribution >= 0.6 is 0 Å². The Hall–Kier alpha value is -1.40. The van der Waals surface area contributed by atoms with Crippen LogP contribution in [-0.4, -0.2) is 63.1 Å². The Morgan fingerprint density at radius 3 is 2.30 bits per heavy atom. The molecule has 1 fully saturated rings. The van der Waals surface area contributed by atoms with Crippen molar-refractivity contribution in [1.82, 2.24) is 9.80 Å². The molecule has 0 atom stereocenters. The van der Waals surface area contributed by atoms with Gasteiger partial charge in [-0.25, -0.2) is 8.42 Å². The first kappa shape index (κ1) is 17.9. The summed E-state index contributed by atoms with van der Waals surface area (Å²) in [5.41, 5.74) is 1.30. The van der Waals surface area contributed by atoms with Crippen LogP contribution in [0.4, 0.5) is 0 Å². The summed E-state index contributed by atoms with van der Waals surface area (Å²) < 4.78 is 23.4. The van der Waals surface area contributed by atoms with Gasteiger partial charge in [0.2, 0.25) is 0 Å². The lowest BCUT2D eigenvalue weighted by Crippen LogP contribution is -2.49. The second-order valence-corrected chi connectivity index (χ2v) is 8.75. The molecule has 23 heavy (non-hydrogen) atoms. The van der Waals surface area contributed by atoms with Gasteiger partial charge in [0.25, 0.3) is 5.91 Å². The average Bonchev–Trinajstić information content (AvgIpc) is 2.46. The molecule has 6 heteroatoms. The van der Waals surface area contributed by atoms with E-state index in [-0.39, 0.29) is 10.8 Å². The van der Waals surface area contributed by atoms with Crippen LogP contribution in [0.25, 0.3) is 0 Å². The lowest BCUT2D eigenvalue weighted by Gasteiger charge is -2.35. The largest absolute Gasteiger partial charge is 0.336 e.